The fourth-order valence-electron chi connectivity index (χ4n) is 3.72. The summed E-state index contributed by atoms with van der Waals surface area (Å²) in [5, 5.41) is 21.0. The molecular weight excluding hydrogens is 484 g/mol. The number of carbonyl (C=O) groups is 2. The molecule has 0 aliphatic carbocycles. The molecule has 0 aromatic heterocycles. The third-order valence-corrected chi connectivity index (χ3v) is 6.12. The summed E-state index contributed by atoms with van der Waals surface area (Å²) < 4.78 is 28.9. The van der Waals surface area contributed by atoms with E-state index >= 15 is 0 Å². The third-order valence-electron chi connectivity index (χ3n) is 5.23. The van der Waals surface area contributed by atoms with Crippen molar-refractivity contribution in [1.82, 2.24) is 0 Å². The third kappa shape index (κ3) is 3.67. The van der Waals surface area contributed by atoms with E-state index in [4.69, 9.17) is 0 Å². The molecule has 3 aromatic carbocycles. The quantitative estimate of drug-likeness (QED) is 0.288. The number of rotatable bonds is 3. The second-order valence-electron chi connectivity index (χ2n) is 7.32. The molecule has 0 radical (unpaired) electrons. The lowest BCUT2D eigenvalue weighted by molar-refractivity contribution is -0.132. The molecule has 2 N–H and O–H groups in total. The van der Waals surface area contributed by atoms with Crippen molar-refractivity contribution >= 4 is 39.1 Å². The summed E-state index contributed by atoms with van der Waals surface area (Å²) >= 11 is 3.37. The van der Waals surface area contributed by atoms with E-state index in [9.17, 15) is 28.6 Å². The zero-order valence-electron chi connectivity index (χ0n) is 16.6. The number of ketones is 1. The van der Waals surface area contributed by atoms with Crippen molar-refractivity contribution in [3.05, 3.63) is 99.0 Å². The van der Waals surface area contributed by atoms with Gasteiger partial charge in [0.2, 0.25) is 0 Å². The number of Topliss-reactive ketones (excluding diaryl/α,β-unsaturated/α-hetero) is 1. The van der Waals surface area contributed by atoms with Crippen LogP contribution in [0, 0.1) is 18.6 Å². The number of aliphatic hydroxyl groups excluding tert-OH is 1. The molecule has 32 heavy (non-hydrogen) atoms. The number of hydrogen-bond donors (Lipinski definition) is 2. The lowest BCUT2D eigenvalue weighted by Crippen LogP contribution is -2.30. The summed E-state index contributed by atoms with van der Waals surface area (Å²) in [7, 11) is 0. The van der Waals surface area contributed by atoms with Crippen LogP contribution in [-0.4, -0.2) is 21.9 Å². The summed E-state index contributed by atoms with van der Waals surface area (Å²) in [5.41, 5.74) is 0.734. The van der Waals surface area contributed by atoms with Gasteiger partial charge in [0.25, 0.3) is 11.7 Å². The normalized spacial score (nSPS) is 17.8. The number of halogens is 3. The number of carbonyl (C=O) groups excluding carboxylic acids is 2. The predicted octanol–water partition coefficient (Wildman–Crippen LogP) is 5.37. The van der Waals surface area contributed by atoms with Gasteiger partial charge in [0.1, 0.15) is 23.1 Å². The van der Waals surface area contributed by atoms with E-state index in [1.54, 1.807) is 25.1 Å². The van der Waals surface area contributed by atoms with Crippen molar-refractivity contribution < 1.29 is 28.6 Å². The fourth-order valence-corrected chi connectivity index (χ4v) is 3.96. The van der Waals surface area contributed by atoms with Crippen LogP contribution in [0.4, 0.5) is 14.5 Å². The van der Waals surface area contributed by atoms with Crippen LogP contribution in [0.2, 0.25) is 0 Å². The summed E-state index contributed by atoms with van der Waals surface area (Å²) in [6, 6.07) is 12.0. The van der Waals surface area contributed by atoms with E-state index in [1.165, 1.54) is 24.3 Å². The van der Waals surface area contributed by atoms with E-state index in [0.717, 1.165) is 27.1 Å². The van der Waals surface area contributed by atoms with Gasteiger partial charge < -0.3 is 10.2 Å². The maximum atomic E-state index is 14.6. The topological polar surface area (TPSA) is 77.8 Å². The maximum Gasteiger partial charge on any atom is 0.300 e. The average Bonchev–Trinajstić information content (AvgIpc) is 3.00. The zero-order chi connectivity index (χ0) is 23.2. The first-order valence-corrected chi connectivity index (χ1v) is 10.3. The Morgan fingerprint density at radius 1 is 1.03 bits per heavy atom. The van der Waals surface area contributed by atoms with Gasteiger partial charge in [0.15, 0.2) is 0 Å². The molecular formula is C24H16BrF2NO4. The number of aryl methyl sites for hydroxylation is 1. The van der Waals surface area contributed by atoms with Crippen LogP contribution < -0.4 is 4.90 Å². The Bertz CT molecular complexity index is 1300. The Morgan fingerprint density at radius 3 is 2.44 bits per heavy atom. The highest BCUT2D eigenvalue weighted by atomic mass is 79.9. The molecule has 1 amide bonds. The molecule has 0 saturated carbocycles. The van der Waals surface area contributed by atoms with Gasteiger partial charge >= 0.3 is 0 Å². The van der Waals surface area contributed by atoms with E-state index in [1.807, 2.05) is 0 Å². The van der Waals surface area contributed by atoms with Crippen molar-refractivity contribution in [3.8, 4) is 5.75 Å². The minimum atomic E-state index is -1.24. The zero-order valence-corrected chi connectivity index (χ0v) is 18.2. The van der Waals surface area contributed by atoms with Gasteiger partial charge in [-0.15, -0.1) is 0 Å². The molecule has 4 rings (SSSR count). The SMILES string of the molecule is Cc1cc(/C(O)=C2\C(=O)C(=O)N(c3ccc(F)cc3F)C2c2cccc(O)c2)ccc1Br. The van der Waals surface area contributed by atoms with Crippen molar-refractivity contribution in [2.45, 2.75) is 13.0 Å². The van der Waals surface area contributed by atoms with Gasteiger partial charge in [-0.3, -0.25) is 14.5 Å². The lowest BCUT2D eigenvalue weighted by atomic mass is 9.94. The summed E-state index contributed by atoms with van der Waals surface area (Å²) in [4.78, 5) is 26.9. The first kappa shape index (κ1) is 21.7. The molecule has 1 fully saturated rings. The van der Waals surface area contributed by atoms with Crippen LogP contribution in [0.15, 0.2) is 70.7 Å². The lowest BCUT2D eigenvalue weighted by Gasteiger charge is -2.26. The predicted molar refractivity (Wildman–Crippen MR) is 118 cm³/mol. The van der Waals surface area contributed by atoms with Crippen LogP contribution in [0.1, 0.15) is 22.7 Å². The van der Waals surface area contributed by atoms with Crippen LogP contribution >= 0.6 is 15.9 Å². The van der Waals surface area contributed by atoms with Crippen LogP contribution in [-0.2, 0) is 9.59 Å². The average molecular weight is 500 g/mol. The minimum absolute atomic E-state index is 0.146. The molecule has 1 aliphatic heterocycles. The first-order chi connectivity index (χ1) is 15.2. The molecule has 8 heteroatoms. The minimum Gasteiger partial charge on any atom is -0.508 e. The van der Waals surface area contributed by atoms with E-state index in [2.05, 4.69) is 15.9 Å². The maximum absolute atomic E-state index is 14.6. The van der Waals surface area contributed by atoms with Crippen LogP contribution in [0.5, 0.6) is 5.75 Å². The van der Waals surface area contributed by atoms with Crippen LogP contribution in [0.3, 0.4) is 0 Å². The van der Waals surface area contributed by atoms with E-state index in [-0.39, 0.29) is 28.1 Å². The smallest absolute Gasteiger partial charge is 0.300 e. The highest BCUT2D eigenvalue weighted by molar-refractivity contribution is 9.10. The van der Waals surface area contributed by atoms with Gasteiger partial charge in [-0.25, -0.2) is 8.78 Å². The number of hydrogen-bond acceptors (Lipinski definition) is 4. The molecule has 1 unspecified atom stereocenters. The Kier molecular flexibility index (Phi) is 5.56. The molecule has 3 aromatic rings. The molecule has 0 spiro atoms. The van der Waals surface area contributed by atoms with Gasteiger partial charge in [-0.2, -0.15) is 0 Å². The molecule has 5 nitrogen and oxygen atoms in total. The second kappa shape index (κ2) is 8.20. The number of amides is 1. The molecule has 1 heterocycles. The highest BCUT2D eigenvalue weighted by Crippen LogP contribution is 2.43. The Hall–Kier alpha value is -3.52. The number of aliphatic hydroxyl groups is 1. The molecule has 1 saturated heterocycles. The Morgan fingerprint density at radius 2 is 1.78 bits per heavy atom. The van der Waals surface area contributed by atoms with Crippen LogP contribution in [0.25, 0.3) is 5.76 Å². The summed E-state index contributed by atoms with van der Waals surface area (Å²) in [6.07, 6.45) is 0. The highest BCUT2D eigenvalue weighted by Gasteiger charge is 2.47. The van der Waals surface area contributed by atoms with Gasteiger partial charge in [-0.05, 0) is 54.4 Å². The van der Waals surface area contributed by atoms with Gasteiger partial charge in [0.05, 0.1) is 17.3 Å². The van der Waals surface area contributed by atoms with Gasteiger partial charge in [0, 0.05) is 16.1 Å². The molecule has 1 atom stereocenters. The van der Waals surface area contributed by atoms with E-state index < -0.39 is 35.1 Å². The number of aromatic hydroxyl groups is 1. The molecule has 0 bridgehead atoms. The Labute approximate surface area is 190 Å². The van der Waals surface area contributed by atoms with Crippen molar-refractivity contribution in [1.29, 1.82) is 0 Å². The number of benzene rings is 3. The monoisotopic (exact) mass is 499 g/mol. The Balaban J connectivity index is 1.99. The number of anilines is 1. The first-order valence-electron chi connectivity index (χ1n) is 9.50. The fraction of sp³-hybridized carbons (Fsp3) is 0.0833. The summed E-state index contributed by atoms with van der Waals surface area (Å²) in [6.45, 7) is 1.79. The van der Waals surface area contributed by atoms with Crippen molar-refractivity contribution in [3.63, 3.8) is 0 Å². The number of phenols is 1. The largest absolute Gasteiger partial charge is 0.508 e. The number of nitrogens with zero attached hydrogens (tertiary/aromatic N) is 1. The number of phenolic OH excluding ortho intramolecular Hbond substituents is 1. The van der Waals surface area contributed by atoms with E-state index in [0.29, 0.717) is 6.07 Å². The van der Waals surface area contributed by atoms with Crippen molar-refractivity contribution in [2.24, 2.45) is 0 Å². The molecule has 1 aliphatic rings. The van der Waals surface area contributed by atoms with Gasteiger partial charge in [-0.1, -0.05) is 34.1 Å². The second-order valence-corrected chi connectivity index (χ2v) is 8.18. The standard InChI is InChI=1S/C24H16BrF2NO4/c1-12-9-14(5-7-17(12)25)22(30)20-21(13-3-2-4-16(29)10-13)28(24(32)23(20)31)19-8-6-15(26)11-18(19)27/h2-11,21,29-30H,1H3/b22-20+. The molecule has 162 valence electrons. The summed E-state index contributed by atoms with van der Waals surface area (Å²) in [5.74, 6) is -4.59. The van der Waals surface area contributed by atoms with Crippen molar-refractivity contribution in [2.75, 3.05) is 4.90 Å².